The number of hydrogen-bond acceptors (Lipinski definition) is 4. The normalized spacial score (nSPS) is 17.6. The van der Waals surface area contributed by atoms with E-state index in [2.05, 4.69) is 9.64 Å². The number of nitrogens with zero attached hydrogens (tertiary/aromatic N) is 2. The summed E-state index contributed by atoms with van der Waals surface area (Å²) in [4.78, 5) is 27.4. The van der Waals surface area contributed by atoms with Gasteiger partial charge in [-0.2, -0.15) is 13.2 Å². The van der Waals surface area contributed by atoms with E-state index in [9.17, 15) is 22.8 Å². The second kappa shape index (κ2) is 11.3. The Balaban J connectivity index is 1.77. The fourth-order valence-corrected chi connectivity index (χ4v) is 3.86. The van der Waals surface area contributed by atoms with Crippen LogP contribution in [0.15, 0.2) is 24.3 Å². The van der Waals surface area contributed by atoms with Gasteiger partial charge in [0.25, 0.3) is 0 Å². The first kappa shape index (κ1) is 24.2. The molecule has 0 aliphatic carbocycles. The first-order valence-corrected chi connectivity index (χ1v) is 10.4. The number of amides is 1. The van der Waals surface area contributed by atoms with Gasteiger partial charge in [0.05, 0.1) is 12.7 Å². The number of benzene rings is 1. The van der Waals surface area contributed by atoms with Gasteiger partial charge >= 0.3 is 12.1 Å². The van der Waals surface area contributed by atoms with Crippen molar-refractivity contribution < 1.29 is 27.5 Å². The van der Waals surface area contributed by atoms with Crippen molar-refractivity contribution in [3.05, 3.63) is 35.4 Å². The van der Waals surface area contributed by atoms with Crippen LogP contribution in [0.4, 0.5) is 13.2 Å². The van der Waals surface area contributed by atoms with E-state index in [1.807, 2.05) is 0 Å². The molecule has 0 saturated carbocycles. The molecule has 5 nitrogen and oxygen atoms in total. The lowest BCUT2D eigenvalue weighted by molar-refractivity contribution is -0.141. The van der Waals surface area contributed by atoms with Gasteiger partial charge in [-0.15, -0.1) is 0 Å². The molecule has 1 fully saturated rings. The lowest BCUT2D eigenvalue weighted by atomic mass is 9.96. The summed E-state index contributed by atoms with van der Waals surface area (Å²) >= 11 is 0. The third-order valence-corrected chi connectivity index (χ3v) is 5.53. The van der Waals surface area contributed by atoms with E-state index < -0.39 is 11.7 Å². The van der Waals surface area contributed by atoms with Crippen molar-refractivity contribution in [1.29, 1.82) is 0 Å². The SMILES string of the molecule is COC(=O)CCCC(=O)N(C)C[C@H]1CCCN(CCc2cccc(C(F)(F)F)c2)C1. The lowest BCUT2D eigenvalue weighted by Gasteiger charge is -2.34. The summed E-state index contributed by atoms with van der Waals surface area (Å²) in [5.41, 5.74) is 0.0775. The maximum Gasteiger partial charge on any atom is 0.416 e. The van der Waals surface area contributed by atoms with Crippen LogP contribution in [0.1, 0.15) is 43.2 Å². The van der Waals surface area contributed by atoms with Crippen LogP contribution in [0.5, 0.6) is 0 Å². The Hall–Kier alpha value is -2.09. The summed E-state index contributed by atoms with van der Waals surface area (Å²) in [6, 6.07) is 5.51. The lowest BCUT2D eigenvalue weighted by Crippen LogP contribution is -2.42. The second-order valence-corrected chi connectivity index (χ2v) is 7.96. The summed E-state index contributed by atoms with van der Waals surface area (Å²) in [6.45, 7) is 3.11. The van der Waals surface area contributed by atoms with Crippen molar-refractivity contribution in [3.8, 4) is 0 Å². The van der Waals surface area contributed by atoms with Gasteiger partial charge in [0.2, 0.25) is 5.91 Å². The maximum atomic E-state index is 12.9. The third-order valence-electron chi connectivity index (χ3n) is 5.53. The van der Waals surface area contributed by atoms with Crippen LogP contribution in [-0.2, 0) is 26.9 Å². The summed E-state index contributed by atoms with van der Waals surface area (Å²) in [5.74, 6) is 0.0453. The minimum absolute atomic E-state index is 0.0139. The topological polar surface area (TPSA) is 49.9 Å². The van der Waals surface area contributed by atoms with Gasteiger partial charge in [0.15, 0.2) is 0 Å². The van der Waals surface area contributed by atoms with E-state index in [-0.39, 0.29) is 18.3 Å². The molecule has 30 heavy (non-hydrogen) atoms. The van der Waals surface area contributed by atoms with Crippen LogP contribution in [0.2, 0.25) is 0 Å². The van der Waals surface area contributed by atoms with E-state index >= 15 is 0 Å². The zero-order chi connectivity index (χ0) is 22.1. The molecule has 8 heteroatoms. The number of methoxy groups -OCH3 is 1. The van der Waals surface area contributed by atoms with Gasteiger partial charge in [-0.3, -0.25) is 9.59 Å². The highest BCUT2D eigenvalue weighted by Gasteiger charge is 2.30. The van der Waals surface area contributed by atoms with E-state index in [4.69, 9.17) is 0 Å². The molecule has 1 aliphatic heterocycles. The van der Waals surface area contributed by atoms with Crippen molar-refractivity contribution in [2.75, 3.05) is 40.3 Å². The number of halogens is 3. The minimum atomic E-state index is -4.32. The van der Waals surface area contributed by atoms with Crippen LogP contribution in [0, 0.1) is 5.92 Å². The smallest absolute Gasteiger partial charge is 0.416 e. The molecule has 1 aromatic carbocycles. The average Bonchev–Trinajstić information content (AvgIpc) is 2.71. The molecular formula is C22H31F3N2O3. The Morgan fingerprint density at radius 3 is 2.73 bits per heavy atom. The molecule has 0 unspecified atom stereocenters. The van der Waals surface area contributed by atoms with Crippen molar-refractivity contribution >= 4 is 11.9 Å². The number of rotatable bonds is 9. The van der Waals surface area contributed by atoms with Crippen LogP contribution in [-0.4, -0.2) is 62.0 Å². The molecule has 0 bridgehead atoms. The van der Waals surface area contributed by atoms with Crippen LogP contribution >= 0.6 is 0 Å². The summed E-state index contributed by atoms with van der Waals surface area (Å²) in [7, 11) is 3.11. The molecule has 168 valence electrons. The molecule has 1 aromatic rings. The number of likely N-dealkylation sites (tertiary alicyclic amines) is 1. The quantitative estimate of drug-likeness (QED) is 0.562. The minimum Gasteiger partial charge on any atom is -0.469 e. The number of hydrogen-bond donors (Lipinski definition) is 0. The van der Waals surface area contributed by atoms with Crippen molar-refractivity contribution in [3.63, 3.8) is 0 Å². The maximum absolute atomic E-state index is 12.9. The molecule has 0 spiro atoms. The number of piperidine rings is 1. The number of ether oxygens (including phenoxy) is 1. The number of carbonyl (C=O) groups is 2. The van der Waals surface area contributed by atoms with E-state index in [0.29, 0.717) is 43.8 Å². The van der Waals surface area contributed by atoms with Crippen LogP contribution < -0.4 is 0 Å². The molecule has 0 N–H and O–H groups in total. The molecule has 1 atom stereocenters. The predicted molar refractivity (Wildman–Crippen MR) is 108 cm³/mol. The van der Waals surface area contributed by atoms with E-state index in [1.54, 1.807) is 18.0 Å². The Labute approximate surface area is 176 Å². The number of carbonyl (C=O) groups excluding carboxylic acids is 2. The molecular weight excluding hydrogens is 397 g/mol. The highest BCUT2D eigenvalue weighted by Crippen LogP contribution is 2.29. The fourth-order valence-electron chi connectivity index (χ4n) is 3.86. The zero-order valence-corrected chi connectivity index (χ0v) is 17.7. The number of esters is 1. The largest absolute Gasteiger partial charge is 0.469 e. The molecule has 1 amide bonds. The Morgan fingerprint density at radius 1 is 1.27 bits per heavy atom. The number of alkyl halides is 3. The van der Waals surface area contributed by atoms with Gasteiger partial charge in [-0.05, 0) is 49.8 Å². The molecule has 0 aromatic heterocycles. The Kier molecular flexibility index (Phi) is 9.14. The Bertz CT molecular complexity index is 709. The van der Waals surface area contributed by atoms with Crippen LogP contribution in [0.25, 0.3) is 0 Å². The average molecular weight is 428 g/mol. The Morgan fingerprint density at radius 2 is 2.03 bits per heavy atom. The van der Waals surface area contributed by atoms with E-state index in [1.165, 1.54) is 19.2 Å². The molecule has 1 saturated heterocycles. The second-order valence-electron chi connectivity index (χ2n) is 7.96. The van der Waals surface area contributed by atoms with Gasteiger partial charge in [-0.25, -0.2) is 0 Å². The van der Waals surface area contributed by atoms with Gasteiger partial charge in [-0.1, -0.05) is 18.2 Å². The fraction of sp³-hybridized carbons (Fsp3) is 0.636. The zero-order valence-electron chi connectivity index (χ0n) is 17.7. The summed E-state index contributed by atoms with van der Waals surface area (Å²) in [5, 5.41) is 0. The van der Waals surface area contributed by atoms with Gasteiger partial charge < -0.3 is 14.5 Å². The summed E-state index contributed by atoms with van der Waals surface area (Å²) in [6.07, 6.45) is -0.680. The molecule has 1 aliphatic rings. The van der Waals surface area contributed by atoms with Crippen LogP contribution in [0.3, 0.4) is 0 Å². The molecule has 0 radical (unpaired) electrons. The predicted octanol–water partition coefficient (Wildman–Crippen LogP) is 3.76. The molecule has 1 heterocycles. The van der Waals surface area contributed by atoms with Crippen molar-refractivity contribution in [2.45, 2.75) is 44.7 Å². The standard InChI is InChI=1S/C22H31F3N2O3/c1-26(20(28)9-4-10-21(29)30-2)15-18-7-5-12-27(16-18)13-11-17-6-3-8-19(14-17)22(23,24)25/h3,6,8,14,18H,4-5,7,9-13,15-16H2,1-2H3/t18-/m1/s1. The summed E-state index contributed by atoms with van der Waals surface area (Å²) < 4.78 is 43.2. The van der Waals surface area contributed by atoms with Gasteiger partial charge in [0.1, 0.15) is 0 Å². The monoisotopic (exact) mass is 428 g/mol. The third kappa shape index (κ3) is 7.97. The van der Waals surface area contributed by atoms with Crippen molar-refractivity contribution in [2.24, 2.45) is 5.92 Å². The highest BCUT2D eigenvalue weighted by atomic mass is 19.4. The molecule has 2 rings (SSSR count). The first-order valence-electron chi connectivity index (χ1n) is 10.4. The highest BCUT2D eigenvalue weighted by molar-refractivity contribution is 5.77. The van der Waals surface area contributed by atoms with Gasteiger partial charge in [0, 0.05) is 39.5 Å². The first-order chi connectivity index (χ1) is 14.2. The van der Waals surface area contributed by atoms with E-state index in [0.717, 1.165) is 32.0 Å². The van der Waals surface area contributed by atoms with Crippen molar-refractivity contribution in [1.82, 2.24) is 9.80 Å².